The van der Waals surface area contributed by atoms with Gasteiger partial charge in [-0.25, -0.2) is 9.67 Å². The normalized spacial score (nSPS) is 20.1. The van der Waals surface area contributed by atoms with Crippen LogP contribution in [0, 0.1) is 6.92 Å². The van der Waals surface area contributed by atoms with Crippen molar-refractivity contribution in [2.75, 3.05) is 6.54 Å². The van der Waals surface area contributed by atoms with Crippen LogP contribution in [-0.2, 0) is 13.1 Å². The van der Waals surface area contributed by atoms with Gasteiger partial charge in [0.15, 0.2) is 11.6 Å². The van der Waals surface area contributed by atoms with Crippen LogP contribution in [0.5, 0.6) is 0 Å². The van der Waals surface area contributed by atoms with Gasteiger partial charge in [0.05, 0.1) is 12.6 Å². The van der Waals surface area contributed by atoms with Crippen molar-refractivity contribution < 1.29 is 13.2 Å². The minimum atomic E-state index is -4.35. The molecule has 126 valence electrons. The van der Waals surface area contributed by atoms with Gasteiger partial charge in [0, 0.05) is 0 Å². The zero-order valence-corrected chi connectivity index (χ0v) is 12.6. The van der Waals surface area contributed by atoms with E-state index in [1.807, 2.05) is 11.8 Å². The van der Waals surface area contributed by atoms with Crippen molar-refractivity contribution in [1.29, 1.82) is 0 Å². The molecule has 0 amide bonds. The summed E-state index contributed by atoms with van der Waals surface area (Å²) in [6.07, 6.45) is -1.49. The molecule has 0 aromatic carbocycles. The summed E-state index contributed by atoms with van der Waals surface area (Å²) in [7, 11) is 0. The molecule has 1 atom stereocenters. The van der Waals surface area contributed by atoms with Gasteiger partial charge in [0.2, 0.25) is 0 Å². The predicted octanol–water partition coefficient (Wildman–Crippen LogP) is 1.39. The van der Waals surface area contributed by atoms with Gasteiger partial charge in [0.1, 0.15) is 12.4 Å². The fourth-order valence-corrected chi connectivity index (χ4v) is 2.79. The Balaban J connectivity index is 1.76. The third kappa shape index (κ3) is 3.84. The quantitative estimate of drug-likeness (QED) is 0.911. The number of hydrogen-bond acceptors (Lipinski definition) is 6. The summed E-state index contributed by atoms with van der Waals surface area (Å²) >= 11 is 0. The van der Waals surface area contributed by atoms with E-state index in [0.29, 0.717) is 11.6 Å². The smallest absolute Gasteiger partial charge is 0.286 e. The lowest BCUT2D eigenvalue weighted by Gasteiger charge is -2.33. The first-order valence-corrected chi connectivity index (χ1v) is 7.37. The van der Waals surface area contributed by atoms with Crippen LogP contribution in [0.3, 0.4) is 0 Å². The molecule has 1 N–H and O–H groups in total. The number of piperidine rings is 1. The van der Waals surface area contributed by atoms with Gasteiger partial charge < -0.3 is 0 Å². The zero-order chi connectivity index (χ0) is 16.4. The van der Waals surface area contributed by atoms with Crippen molar-refractivity contribution >= 4 is 0 Å². The Morgan fingerprint density at radius 1 is 1.30 bits per heavy atom. The molecule has 1 aliphatic heterocycles. The fourth-order valence-electron chi connectivity index (χ4n) is 2.79. The molecule has 3 heterocycles. The first-order chi connectivity index (χ1) is 10.9. The van der Waals surface area contributed by atoms with Gasteiger partial charge in [-0.15, -0.1) is 5.10 Å². The zero-order valence-electron chi connectivity index (χ0n) is 12.6. The van der Waals surface area contributed by atoms with Crippen molar-refractivity contribution in [3.63, 3.8) is 0 Å². The number of nitrogens with zero attached hydrogens (tertiary/aromatic N) is 7. The number of halogens is 3. The lowest BCUT2D eigenvalue weighted by Crippen LogP contribution is -2.35. The van der Waals surface area contributed by atoms with Crippen molar-refractivity contribution in [1.82, 2.24) is 40.3 Å². The maximum Gasteiger partial charge on any atom is 0.408 e. The first-order valence-electron chi connectivity index (χ1n) is 7.37. The lowest BCUT2D eigenvalue weighted by atomic mass is 10.0. The van der Waals surface area contributed by atoms with Crippen LogP contribution in [-0.4, -0.2) is 53.0 Å². The molecule has 0 aliphatic carbocycles. The summed E-state index contributed by atoms with van der Waals surface area (Å²) in [5.74, 6) is 1.57. The molecule has 0 saturated carbocycles. The average molecular weight is 330 g/mol. The monoisotopic (exact) mass is 330 g/mol. The number of nitrogens with one attached hydrogen (secondary N) is 1. The Labute approximate surface area is 130 Å². The summed E-state index contributed by atoms with van der Waals surface area (Å²) in [6, 6.07) is -0.0373. The Hall–Kier alpha value is -2.04. The van der Waals surface area contributed by atoms with E-state index in [-0.39, 0.29) is 18.4 Å². The minimum Gasteiger partial charge on any atom is -0.286 e. The van der Waals surface area contributed by atoms with Crippen LogP contribution >= 0.6 is 0 Å². The summed E-state index contributed by atoms with van der Waals surface area (Å²) in [6.45, 7) is 1.61. The van der Waals surface area contributed by atoms with Crippen molar-refractivity contribution in [3.8, 4) is 0 Å². The highest BCUT2D eigenvalue weighted by molar-refractivity contribution is 4.99. The third-order valence-corrected chi connectivity index (χ3v) is 3.81. The molecule has 23 heavy (non-hydrogen) atoms. The van der Waals surface area contributed by atoms with E-state index < -0.39 is 12.7 Å². The SMILES string of the molecule is Cc1nc(C2CCCCN2Cc2nnnn2CC(F)(F)F)n[nH]1. The number of alkyl halides is 3. The summed E-state index contributed by atoms with van der Waals surface area (Å²) < 4.78 is 38.5. The van der Waals surface area contributed by atoms with E-state index in [4.69, 9.17) is 0 Å². The topological polar surface area (TPSA) is 88.4 Å². The van der Waals surface area contributed by atoms with E-state index in [1.54, 1.807) is 0 Å². The van der Waals surface area contributed by atoms with Crippen LogP contribution in [0.1, 0.15) is 42.8 Å². The van der Waals surface area contributed by atoms with Gasteiger partial charge in [-0.2, -0.15) is 18.3 Å². The fraction of sp³-hybridized carbons (Fsp3) is 0.750. The van der Waals surface area contributed by atoms with Gasteiger partial charge in [-0.1, -0.05) is 6.42 Å². The Bertz CT molecular complexity index is 649. The molecule has 1 saturated heterocycles. The standard InChI is InChI=1S/C12H17F3N8/c1-8-16-11(19-17-8)9-4-2-3-5-22(9)6-10-18-20-21-23(10)7-12(13,14)15/h9H,2-7H2,1H3,(H,16,17,19). The molecule has 0 bridgehead atoms. The Morgan fingerprint density at radius 2 is 2.13 bits per heavy atom. The second kappa shape index (κ2) is 6.22. The number of tetrazole rings is 1. The Morgan fingerprint density at radius 3 is 2.83 bits per heavy atom. The van der Waals surface area contributed by atoms with Crippen molar-refractivity contribution in [2.45, 2.75) is 51.5 Å². The predicted molar refractivity (Wildman–Crippen MR) is 72.0 cm³/mol. The highest BCUT2D eigenvalue weighted by atomic mass is 19.4. The summed E-state index contributed by atoms with van der Waals surface area (Å²) in [4.78, 5) is 6.38. The molecule has 2 aromatic rings. The van der Waals surface area contributed by atoms with Gasteiger partial charge in [-0.3, -0.25) is 10.00 Å². The molecule has 0 spiro atoms. The van der Waals surface area contributed by atoms with Gasteiger partial charge in [0.25, 0.3) is 0 Å². The van der Waals surface area contributed by atoms with E-state index in [9.17, 15) is 13.2 Å². The number of aromatic nitrogens is 7. The van der Waals surface area contributed by atoms with Crippen LogP contribution < -0.4 is 0 Å². The highest BCUT2D eigenvalue weighted by Gasteiger charge is 2.32. The number of aryl methyl sites for hydroxylation is 1. The molecule has 1 unspecified atom stereocenters. The maximum atomic E-state index is 12.6. The molecule has 3 rings (SSSR count). The van der Waals surface area contributed by atoms with Crippen LogP contribution in [0.25, 0.3) is 0 Å². The highest BCUT2D eigenvalue weighted by Crippen LogP contribution is 2.30. The summed E-state index contributed by atoms with van der Waals surface area (Å²) in [5.41, 5.74) is 0. The molecular formula is C12H17F3N8. The van der Waals surface area contributed by atoms with Crippen LogP contribution in [0.4, 0.5) is 13.2 Å². The molecule has 11 heteroatoms. The van der Waals surface area contributed by atoms with E-state index in [0.717, 1.165) is 30.5 Å². The van der Waals surface area contributed by atoms with Crippen LogP contribution in [0.15, 0.2) is 0 Å². The number of H-pyrrole nitrogens is 1. The molecule has 1 fully saturated rings. The minimum absolute atomic E-state index is 0.0373. The van der Waals surface area contributed by atoms with Gasteiger partial charge in [-0.05, 0) is 36.7 Å². The molecule has 8 nitrogen and oxygen atoms in total. The molecule has 0 radical (unpaired) electrons. The van der Waals surface area contributed by atoms with Gasteiger partial charge >= 0.3 is 6.18 Å². The number of rotatable bonds is 4. The molecule has 1 aliphatic rings. The second-order valence-electron chi connectivity index (χ2n) is 5.63. The Kier molecular flexibility index (Phi) is 4.28. The maximum absolute atomic E-state index is 12.6. The van der Waals surface area contributed by atoms with Crippen molar-refractivity contribution in [2.24, 2.45) is 0 Å². The average Bonchev–Trinajstić information content (AvgIpc) is 3.08. The number of aromatic amines is 1. The first kappa shape index (κ1) is 15.8. The van der Waals surface area contributed by atoms with E-state index >= 15 is 0 Å². The second-order valence-corrected chi connectivity index (χ2v) is 5.63. The summed E-state index contributed by atoms with van der Waals surface area (Å²) in [5, 5.41) is 17.5. The van der Waals surface area contributed by atoms with Crippen LogP contribution in [0.2, 0.25) is 0 Å². The van der Waals surface area contributed by atoms with E-state index in [2.05, 4.69) is 30.7 Å². The number of hydrogen-bond donors (Lipinski definition) is 1. The number of likely N-dealkylation sites (tertiary alicyclic amines) is 1. The van der Waals surface area contributed by atoms with Crippen molar-refractivity contribution in [3.05, 3.63) is 17.5 Å². The molecule has 2 aromatic heterocycles. The third-order valence-electron chi connectivity index (χ3n) is 3.81. The van der Waals surface area contributed by atoms with E-state index in [1.165, 1.54) is 0 Å². The lowest BCUT2D eigenvalue weighted by molar-refractivity contribution is -0.143. The molecular weight excluding hydrogens is 313 g/mol. The largest absolute Gasteiger partial charge is 0.408 e.